The van der Waals surface area contributed by atoms with E-state index in [1.807, 2.05) is 6.92 Å². The first-order chi connectivity index (χ1) is 18.5. The molecule has 0 aromatic heterocycles. The van der Waals surface area contributed by atoms with Crippen LogP contribution in [0.5, 0.6) is 0 Å². The van der Waals surface area contributed by atoms with Crippen LogP contribution in [-0.4, -0.2) is 98.7 Å². The first-order valence-corrected chi connectivity index (χ1v) is 14.5. The zero-order valence-corrected chi connectivity index (χ0v) is 25.2. The second-order valence-electron chi connectivity index (χ2n) is 12.8. The Morgan fingerprint density at radius 2 is 1.52 bits per heavy atom. The van der Waals surface area contributed by atoms with Crippen LogP contribution in [-0.2, 0) is 28.5 Å². The third-order valence-corrected chi connectivity index (χ3v) is 10.0. The van der Waals surface area contributed by atoms with Crippen molar-refractivity contribution in [2.45, 2.75) is 123 Å². The average Bonchev–Trinajstić information content (AvgIpc) is 3.04. The molecule has 3 rings (SSSR count). The van der Waals surface area contributed by atoms with Crippen molar-refractivity contribution in [1.82, 2.24) is 0 Å². The summed E-state index contributed by atoms with van der Waals surface area (Å²) in [6.07, 6.45) is -7.34. The van der Waals surface area contributed by atoms with Crippen molar-refractivity contribution in [3.63, 3.8) is 0 Å². The lowest BCUT2D eigenvalue weighted by molar-refractivity contribution is -0.452. The Balaban J connectivity index is 1.98. The van der Waals surface area contributed by atoms with Gasteiger partial charge in [0.1, 0.15) is 11.9 Å². The fraction of sp³-hybridized carbons (Fsp3) is 0.931. The van der Waals surface area contributed by atoms with E-state index in [9.17, 15) is 35.1 Å². The molecular weight excluding hydrogens is 524 g/mol. The number of esters is 1. The van der Waals surface area contributed by atoms with E-state index in [1.54, 1.807) is 41.5 Å². The van der Waals surface area contributed by atoms with E-state index in [0.717, 1.165) is 0 Å². The molecule has 11 nitrogen and oxygen atoms in total. The largest absolute Gasteiger partial charge is 0.462 e. The van der Waals surface area contributed by atoms with Gasteiger partial charge in [0.25, 0.3) is 0 Å². The number of aliphatic hydroxyl groups is 5. The standard InChI is InChI=1S/C29H50O11/c1-10-18-13(3)21(31)14(4)20(30)12(2)11-28(8,36)25(34)15(5)24(16(6)26(35)38-18)39-27-19-23(33)22(32)17(7)29(19,37-9)40-27/h12-19,21-25,27,31-34,36H,10-11H2,1-9H3/t12-,13+,14+,15+,16?,17?,18-,19?,21+,22?,23?,24+,25-,27?,28?,29?/m1/s1. The van der Waals surface area contributed by atoms with E-state index in [1.165, 1.54) is 14.0 Å². The second kappa shape index (κ2) is 12.2. The smallest absolute Gasteiger partial charge is 0.311 e. The maximum absolute atomic E-state index is 13.5. The molecule has 40 heavy (non-hydrogen) atoms. The Hall–Kier alpha value is -1.18. The van der Waals surface area contributed by atoms with Crippen LogP contribution in [0.2, 0.25) is 0 Å². The molecule has 0 radical (unpaired) electrons. The molecule has 11 heteroatoms. The Kier molecular flexibility index (Phi) is 10.2. The molecule has 8 unspecified atom stereocenters. The molecule has 0 aromatic carbocycles. The summed E-state index contributed by atoms with van der Waals surface area (Å²) < 4.78 is 23.6. The van der Waals surface area contributed by atoms with Crippen LogP contribution in [0, 0.1) is 41.4 Å². The number of Topliss-reactive ketones (excluding diaryl/α,β-unsaturated/α-hetero) is 1. The minimum Gasteiger partial charge on any atom is -0.462 e. The first kappa shape index (κ1) is 33.3. The minimum atomic E-state index is -1.75. The van der Waals surface area contributed by atoms with Gasteiger partial charge in [0.15, 0.2) is 12.1 Å². The Morgan fingerprint density at radius 3 is 2.08 bits per heavy atom. The molecule has 5 N–H and O–H groups in total. The van der Waals surface area contributed by atoms with Gasteiger partial charge in [-0.05, 0) is 26.7 Å². The van der Waals surface area contributed by atoms with E-state index in [0.29, 0.717) is 6.42 Å². The van der Waals surface area contributed by atoms with E-state index in [4.69, 9.17) is 18.9 Å². The van der Waals surface area contributed by atoms with Crippen molar-refractivity contribution in [3.05, 3.63) is 0 Å². The van der Waals surface area contributed by atoms with Crippen molar-refractivity contribution < 1.29 is 54.1 Å². The van der Waals surface area contributed by atoms with Gasteiger partial charge in [0.05, 0.1) is 48.0 Å². The third-order valence-electron chi connectivity index (χ3n) is 10.0. The number of ketones is 1. The van der Waals surface area contributed by atoms with E-state index < -0.39 is 102 Å². The summed E-state index contributed by atoms with van der Waals surface area (Å²) in [5.41, 5.74) is -1.75. The normalized spacial score (nSPS) is 52.9. The van der Waals surface area contributed by atoms with Gasteiger partial charge in [-0.2, -0.15) is 0 Å². The summed E-state index contributed by atoms with van der Waals surface area (Å²) in [6, 6.07) is 0. The lowest BCUT2D eigenvalue weighted by Gasteiger charge is -2.53. The molecule has 0 amide bonds. The Morgan fingerprint density at radius 1 is 0.925 bits per heavy atom. The highest BCUT2D eigenvalue weighted by atomic mass is 16.8. The molecule has 0 bridgehead atoms. The van der Waals surface area contributed by atoms with Crippen LogP contribution in [0.3, 0.4) is 0 Å². The minimum absolute atomic E-state index is 0.0801. The summed E-state index contributed by atoms with van der Waals surface area (Å²) in [5.74, 6) is -7.30. The molecule has 16 atom stereocenters. The van der Waals surface area contributed by atoms with Crippen molar-refractivity contribution in [1.29, 1.82) is 0 Å². The van der Waals surface area contributed by atoms with Crippen molar-refractivity contribution in [2.75, 3.05) is 7.11 Å². The topological polar surface area (TPSA) is 172 Å². The summed E-state index contributed by atoms with van der Waals surface area (Å²) in [4.78, 5) is 26.7. The maximum Gasteiger partial charge on any atom is 0.311 e. The van der Waals surface area contributed by atoms with Gasteiger partial charge < -0.3 is 44.5 Å². The molecule has 232 valence electrons. The monoisotopic (exact) mass is 574 g/mol. The molecular formula is C29H50O11. The fourth-order valence-electron chi connectivity index (χ4n) is 7.17. The zero-order chi connectivity index (χ0) is 30.5. The molecule has 2 heterocycles. The van der Waals surface area contributed by atoms with Gasteiger partial charge in [0.2, 0.25) is 0 Å². The fourth-order valence-corrected chi connectivity index (χ4v) is 7.17. The van der Waals surface area contributed by atoms with Crippen LogP contribution >= 0.6 is 0 Å². The third kappa shape index (κ3) is 5.60. The molecule has 2 saturated heterocycles. The van der Waals surface area contributed by atoms with Crippen molar-refractivity contribution in [2.24, 2.45) is 41.4 Å². The van der Waals surface area contributed by atoms with Gasteiger partial charge in [0, 0.05) is 36.7 Å². The number of carbonyl (C=O) groups excluding carboxylic acids is 2. The highest BCUT2D eigenvalue weighted by Crippen LogP contribution is 2.55. The number of hydrogen-bond acceptors (Lipinski definition) is 11. The van der Waals surface area contributed by atoms with E-state index in [-0.39, 0.29) is 12.2 Å². The number of aliphatic hydroxyl groups excluding tert-OH is 4. The number of rotatable bonds is 4. The lowest BCUT2D eigenvalue weighted by atomic mass is 9.75. The van der Waals surface area contributed by atoms with Gasteiger partial charge in [-0.3, -0.25) is 9.59 Å². The van der Waals surface area contributed by atoms with Gasteiger partial charge in [-0.25, -0.2) is 0 Å². The highest BCUT2D eigenvalue weighted by Gasteiger charge is 2.71. The van der Waals surface area contributed by atoms with Crippen LogP contribution in [0.1, 0.15) is 68.2 Å². The summed E-state index contributed by atoms with van der Waals surface area (Å²) >= 11 is 0. The predicted molar refractivity (Wildman–Crippen MR) is 142 cm³/mol. The van der Waals surface area contributed by atoms with E-state index in [2.05, 4.69) is 0 Å². The van der Waals surface area contributed by atoms with Crippen LogP contribution in [0.25, 0.3) is 0 Å². The SMILES string of the molecule is CC[C@H]1OC(=O)C(C)[C@@H](OC2OC3(OC)C(C)C(O)C(O)C23)[C@H](C)[C@@H](O)C(C)(O)C[C@@H](C)C(=O)[C@H](C)[C@@H](O)[C@H]1C. The van der Waals surface area contributed by atoms with Gasteiger partial charge in [-0.1, -0.05) is 41.5 Å². The van der Waals surface area contributed by atoms with Gasteiger partial charge in [-0.15, -0.1) is 0 Å². The highest BCUT2D eigenvalue weighted by molar-refractivity contribution is 5.83. The molecule has 0 aromatic rings. The van der Waals surface area contributed by atoms with E-state index >= 15 is 0 Å². The number of fused-ring (bicyclic) bond motifs is 1. The summed E-state index contributed by atoms with van der Waals surface area (Å²) in [6.45, 7) is 13.2. The maximum atomic E-state index is 13.5. The average molecular weight is 575 g/mol. The molecule has 1 saturated carbocycles. The number of carbonyl (C=O) groups is 2. The molecule has 3 aliphatic rings. The van der Waals surface area contributed by atoms with Crippen LogP contribution < -0.4 is 0 Å². The first-order valence-electron chi connectivity index (χ1n) is 14.5. The molecule has 0 spiro atoms. The van der Waals surface area contributed by atoms with Crippen molar-refractivity contribution in [3.8, 4) is 0 Å². The number of hydrogen-bond donors (Lipinski definition) is 5. The van der Waals surface area contributed by atoms with Crippen molar-refractivity contribution >= 4 is 11.8 Å². The number of ether oxygens (including phenoxy) is 4. The quantitative estimate of drug-likeness (QED) is 0.303. The lowest BCUT2D eigenvalue weighted by Crippen LogP contribution is -2.65. The number of cyclic esters (lactones) is 1. The second-order valence-corrected chi connectivity index (χ2v) is 12.8. The summed E-state index contributed by atoms with van der Waals surface area (Å²) in [7, 11) is 1.42. The molecule has 2 aliphatic heterocycles. The summed E-state index contributed by atoms with van der Waals surface area (Å²) in [5, 5.41) is 55.0. The van der Waals surface area contributed by atoms with Crippen LogP contribution in [0.15, 0.2) is 0 Å². The molecule has 3 fully saturated rings. The number of methoxy groups -OCH3 is 1. The molecule has 1 aliphatic carbocycles. The predicted octanol–water partition coefficient (Wildman–Crippen LogP) is 1.01. The Bertz CT molecular complexity index is 910. The van der Waals surface area contributed by atoms with Crippen LogP contribution in [0.4, 0.5) is 0 Å². The van der Waals surface area contributed by atoms with Gasteiger partial charge >= 0.3 is 5.97 Å². The zero-order valence-electron chi connectivity index (χ0n) is 25.2. The Labute approximate surface area is 237 Å².